The predicted octanol–water partition coefficient (Wildman–Crippen LogP) is 1.90. The predicted molar refractivity (Wildman–Crippen MR) is 65.4 cm³/mol. The van der Waals surface area contributed by atoms with Crippen LogP contribution in [0.1, 0.15) is 20.8 Å². The lowest BCUT2D eigenvalue weighted by Gasteiger charge is -2.37. The van der Waals surface area contributed by atoms with Crippen molar-refractivity contribution in [1.29, 1.82) is 0 Å². The number of cyclic esters (lactones) is 2. The number of aliphatic hydroxyl groups is 1. The van der Waals surface area contributed by atoms with Crippen LogP contribution in [0.15, 0.2) is 0 Å². The van der Waals surface area contributed by atoms with Gasteiger partial charge in [0.05, 0.1) is 6.61 Å². The van der Waals surface area contributed by atoms with Crippen molar-refractivity contribution in [3.63, 3.8) is 0 Å². The van der Waals surface area contributed by atoms with Crippen LogP contribution in [0.25, 0.3) is 0 Å². The molecule has 0 bridgehead atoms. The Bertz CT molecular complexity index is 284. The highest BCUT2D eigenvalue weighted by atomic mass is 28.4. The number of aliphatic hydroxyl groups excluding tert-OH is 1. The van der Waals surface area contributed by atoms with Gasteiger partial charge in [-0.3, -0.25) is 0 Å². The summed E-state index contributed by atoms with van der Waals surface area (Å²) in [5.74, 6) is 0. The van der Waals surface area contributed by atoms with Gasteiger partial charge < -0.3 is 19.0 Å². The van der Waals surface area contributed by atoms with Crippen LogP contribution in [0, 0.1) is 0 Å². The van der Waals surface area contributed by atoms with Crippen molar-refractivity contribution in [2.45, 2.75) is 51.1 Å². The molecule has 2 atom stereocenters. The Labute approximate surface area is 103 Å². The highest BCUT2D eigenvalue weighted by Gasteiger charge is 2.39. The molecule has 1 aliphatic rings. The molecule has 0 aromatic heterocycles. The molecular weight excluding hydrogens is 240 g/mol. The monoisotopic (exact) mass is 262 g/mol. The highest BCUT2D eigenvalue weighted by Crippen LogP contribution is 2.36. The summed E-state index contributed by atoms with van der Waals surface area (Å²) in [5, 5.41) is 9.93. The molecule has 6 heteroatoms. The van der Waals surface area contributed by atoms with E-state index >= 15 is 0 Å². The van der Waals surface area contributed by atoms with Gasteiger partial charge in [-0.25, -0.2) is 4.79 Å². The lowest BCUT2D eigenvalue weighted by atomic mass is 10.2. The molecule has 1 fully saturated rings. The topological polar surface area (TPSA) is 65.0 Å². The first-order valence-electron chi connectivity index (χ1n) is 5.79. The van der Waals surface area contributed by atoms with E-state index < -0.39 is 26.7 Å². The summed E-state index contributed by atoms with van der Waals surface area (Å²) in [4.78, 5) is 10.7. The van der Waals surface area contributed by atoms with E-state index in [1.54, 1.807) is 0 Å². The van der Waals surface area contributed by atoms with Crippen molar-refractivity contribution in [2.75, 3.05) is 13.2 Å². The Morgan fingerprint density at radius 3 is 2.53 bits per heavy atom. The SMILES string of the molecule is CC(C)(C)[Si](C)(C)OC[C@@H](O)[C@@H]1COC(=O)O1. The van der Waals surface area contributed by atoms with E-state index in [0.717, 1.165) is 0 Å². The molecule has 0 saturated carbocycles. The van der Waals surface area contributed by atoms with Crippen LogP contribution in [0.3, 0.4) is 0 Å². The largest absolute Gasteiger partial charge is 0.508 e. The summed E-state index contributed by atoms with van der Waals surface area (Å²) in [6, 6.07) is 0. The van der Waals surface area contributed by atoms with E-state index in [1.165, 1.54) is 0 Å². The maximum absolute atomic E-state index is 10.7. The summed E-state index contributed by atoms with van der Waals surface area (Å²) in [6.07, 6.45) is -2.15. The Kier molecular flexibility index (Phi) is 4.22. The van der Waals surface area contributed by atoms with Crippen LogP contribution in [0.4, 0.5) is 4.79 Å². The molecule has 0 unspecified atom stereocenters. The van der Waals surface area contributed by atoms with Crippen molar-refractivity contribution in [2.24, 2.45) is 0 Å². The Balaban J connectivity index is 2.43. The van der Waals surface area contributed by atoms with Crippen LogP contribution < -0.4 is 0 Å². The van der Waals surface area contributed by atoms with Crippen molar-refractivity contribution >= 4 is 14.5 Å². The minimum atomic E-state index is -1.88. The second-order valence-corrected chi connectivity index (χ2v) is 10.7. The van der Waals surface area contributed by atoms with Crippen molar-refractivity contribution in [3.8, 4) is 0 Å². The molecule has 5 nitrogen and oxygen atoms in total. The molecule has 0 amide bonds. The third-order valence-electron chi connectivity index (χ3n) is 3.46. The maximum atomic E-state index is 10.7. The summed E-state index contributed by atoms with van der Waals surface area (Å²) < 4.78 is 15.3. The van der Waals surface area contributed by atoms with Gasteiger partial charge >= 0.3 is 6.16 Å². The molecule has 0 spiro atoms. The summed E-state index contributed by atoms with van der Waals surface area (Å²) >= 11 is 0. The second kappa shape index (κ2) is 4.95. The summed E-state index contributed by atoms with van der Waals surface area (Å²) in [7, 11) is -1.88. The number of rotatable bonds is 4. The van der Waals surface area contributed by atoms with Crippen LogP contribution in [-0.4, -0.2) is 45.0 Å². The van der Waals surface area contributed by atoms with Gasteiger partial charge in [-0.2, -0.15) is 0 Å². The van der Waals surface area contributed by atoms with Gasteiger partial charge in [0.2, 0.25) is 0 Å². The standard InChI is InChI=1S/C11H22O5Si/c1-11(2,3)17(4,5)15-6-8(12)9-7-14-10(13)16-9/h8-9,12H,6-7H2,1-5H3/t8-,9+/m1/s1. The van der Waals surface area contributed by atoms with E-state index in [2.05, 4.69) is 38.6 Å². The van der Waals surface area contributed by atoms with Crippen LogP contribution in [0.5, 0.6) is 0 Å². The number of ether oxygens (including phenoxy) is 2. The molecule has 0 aromatic rings. The normalized spacial score (nSPS) is 23.2. The first-order chi connectivity index (χ1) is 7.63. The number of carbonyl (C=O) groups excluding carboxylic acids is 1. The number of carbonyl (C=O) groups is 1. The number of hydrogen-bond acceptors (Lipinski definition) is 5. The molecule has 1 N–H and O–H groups in total. The molecule has 0 aliphatic carbocycles. The van der Waals surface area contributed by atoms with E-state index in [-0.39, 0.29) is 18.3 Å². The molecule has 1 saturated heterocycles. The van der Waals surface area contributed by atoms with Crippen molar-refractivity contribution in [1.82, 2.24) is 0 Å². The zero-order valence-corrected chi connectivity index (χ0v) is 12.1. The molecule has 100 valence electrons. The summed E-state index contributed by atoms with van der Waals surface area (Å²) in [6.45, 7) is 10.9. The summed E-state index contributed by atoms with van der Waals surface area (Å²) in [5.41, 5.74) is 0. The smallest absolute Gasteiger partial charge is 0.430 e. The Morgan fingerprint density at radius 2 is 2.12 bits per heavy atom. The van der Waals surface area contributed by atoms with Gasteiger partial charge in [0.25, 0.3) is 0 Å². The van der Waals surface area contributed by atoms with Gasteiger partial charge in [0.15, 0.2) is 14.4 Å². The zero-order valence-electron chi connectivity index (χ0n) is 11.1. The third-order valence-corrected chi connectivity index (χ3v) is 7.96. The quantitative estimate of drug-likeness (QED) is 0.619. The average molecular weight is 262 g/mol. The van der Waals surface area contributed by atoms with E-state index in [1.807, 2.05) is 0 Å². The zero-order chi connectivity index (χ0) is 13.3. The fourth-order valence-electron chi connectivity index (χ4n) is 1.15. The van der Waals surface area contributed by atoms with Crippen molar-refractivity contribution < 1.29 is 23.8 Å². The fraction of sp³-hybridized carbons (Fsp3) is 0.909. The van der Waals surface area contributed by atoms with E-state index in [4.69, 9.17) is 9.16 Å². The fourth-order valence-corrected chi connectivity index (χ4v) is 2.17. The average Bonchev–Trinajstić information content (AvgIpc) is 2.59. The van der Waals surface area contributed by atoms with Crippen LogP contribution in [0.2, 0.25) is 18.1 Å². The van der Waals surface area contributed by atoms with Crippen LogP contribution in [-0.2, 0) is 13.9 Å². The van der Waals surface area contributed by atoms with Crippen molar-refractivity contribution in [3.05, 3.63) is 0 Å². The first kappa shape index (κ1) is 14.5. The van der Waals surface area contributed by atoms with Gasteiger partial charge in [0, 0.05) is 0 Å². The van der Waals surface area contributed by atoms with E-state index in [0.29, 0.717) is 0 Å². The Hall–Kier alpha value is -0.593. The lowest BCUT2D eigenvalue weighted by Crippen LogP contribution is -2.44. The Morgan fingerprint density at radius 1 is 1.53 bits per heavy atom. The molecule has 1 rings (SSSR count). The molecule has 1 aliphatic heterocycles. The molecule has 0 radical (unpaired) electrons. The maximum Gasteiger partial charge on any atom is 0.508 e. The van der Waals surface area contributed by atoms with Gasteiger partial charge in [-0.1, -0.05) is 20.8 Å². The van der Waals surface area contributed by atoms with Gasteiger partial charge in [0.1, 0.15) is 12.7 Å². The second-order valence-electron chi connectivity index (χ2n) is 5.86. The van der Waals surface area contributed by atoms with Gasteiger partial charge in [-0.15, -0.1) is 0 Å². The highest BCUT2D eigenvalue weighted by molar-refractivity contribution is 6.74. The minimum absolute atomic E-state index is 0.0928. The lowest BCUT2D eigenvalue weighted by molar-refractivity contribution is 0.00213. The van der Waals surface area contributed by atoms with Gasteiger partial charge in [-0.05, 0) is 18.1 Å². The molecular formula is C11H22O5Si. The van der Waals surface area contributed by atoms with Crippen LogP contribution >= 0.6 is 0 Å². The van der Waals surface area contributed by atoms with E-state index in [9.17, 15) is 9.90 Å². The third kappa shape index (κ3) is 3.69. The molecule has 17 heavy (non-hydrogen) atoms. The number of hydrogen-bond donors (Lipinski definition) is 1. The first-order valence-corrected chi connectivity index (χ1v) is 8.70. The molecule has 1 heterocycles. The molecule has 0 aromatic carbocycles. The minimum Gasteiger partial charge on any atom is -0.430 e.